The normalized spacial score (nSPS) is 11.4. The number of hydrogen-bond donors (Lipinski definition) is 2. The quantitative estimate of drug-likeness (QED) is 0.208. The van der Waals surface area contributed by atoms with Crippen molar-refractivity contribution < 1.29 is 19.4 Å². The first-order valence-electron chi connectivity index (χ1n) is 12.0. The molecule has 3 rings (SSSR count). The number of aryl methyl sites for hydroxylation is 1. The number of imidazole rings is 1. The fourth-order valence-electron chi connectivity index (χ4n) is 3.88. The molecule has 8 nitrogen and oxygen atoms in total. The number of carbonyl (C=O) groups excluding carboxylic acids is 1. The van der Waals surface area contributed by atoms with Crippen LogP contribution in [-0.4, -0.2) is 67.2 Å². The molecule has 0 aliphatic carbocycles. The summed E-state index contributed by atoms with van der Waals surface area (Å²) in [6, 6.07) is 14.3. The molecular formula is C27H36N4O4. The first-order chi connectivity index (χ1) is 17.0. The number of nitrogens with zero attached hydrogens (tertiary/aromatic N) is 3. The van der Waals surface area contributed by atoms with E-state index in [-0.39, 0.29) is 12.6 Å². The van der Waals surface area contributed by atoms with Gasteiger partial charge >= 0.3 is 5.97 Å². The van der Waals surface area contributed by atoms with Crippen LogP contribution in [0.1, 0.15) is 23.9 Å². The van der Waals surface area contributed by atoms with Crippen LogP contribution in [0.4, 0.5) is 5.69 Å². The molecule has 2 aromatic carbocycles. The summed E-state index contributed by atoms with van der Waals surface area (Å²) in [5.74, 6) is 0.694. The highest BCUT2D eigenvalue weighted by molar-refractivity contribution is 5.87. The molecule has 1 aromatic heterocycles. The Balaban J connectivity index is 1.54. The minimum atomic E-state index is -0.329. The van der Waals surface area contributed by atoms with Crippen LogP contribution >= 0.6 is 0 Å². The predicted octanol–water partition coefficient (Wildman–Crippen LogP) is 2.93. The minimum Gasteiger partial charge on any atom is -0.463 e. The molecule has 188 valence electrons. The molecule has 8 heteroatoms. The van der Waals surface area contributed by atoms with E-state index in [1.807, 2.05) is 19.2 Å². The number of aliphatic hydroxyl groups excluding tert-OH is 1. The monoisotopic (exact) mass is 480 g/mol. The molecule has 0 amide bonds. The van der Waals surface area contributed by atoms with Gasteiger partial charge in [0, 0.05) is 58.5 Å². The van der Waals surface area contributed by atoms with E-state index in [4.69, 9.17) is 14.5 Å². The lowest BCUT2D eigenvalue weighted by Crippen LogP contribution is -2.30. The Kier molecular flexibility index (Phi) is 10.3. The maximum absolute atomic E-state index is 11.4. The molecule has 1 heterocycles. The van der Waals surface area contributed by atoms with Crippen LogP contribution < -0.4 is 10.2 Å². The van der Waals surface area contributed by atoms with Crippen LogP contribution in [0.5, 0.6) is 0 Å². The van der Waals surface area contributed by atoms with Gasteiger partial charge in [0.15, 0.2) is 0 Å². The maximum atomic E-state index is 11.4. The van der Waals surface area contributed by atoms with E-state index < -0.39 is 0 Å². The van der Waals surface area contributed by atoms with E-state index >= 15 is 0 Å². The number of methoxy groups -OCH3 is 1. The standard InChI is InChI=1S/C27H36N4O4/c1-4-35-27(33)12-9-21-5-7-22(8-6-21)20-28-14-13-26-29-24-19-23(10-11-25(24)30(26)2)31(15-17-32)16-18-34-3/h5-12,19,28,32H,4,13-18,20H2,1-3H3/b12-9+. The molecule has 0 saturated heterocycles. The predicted molar refractivity (Wildman–Crippen MR) is 139 cm³/mol. The number of aliphatic hydroxyl groups is 1. The van der Waals surface area contributed by atoms with E-state index in [2.05, 4.69) is 45.1 Å². The number of aromatic nitrogens is 2. The second-order valence-electron chi connectivity index (χ2n) is 8.22. The summed E-state index contributed by atoms with van der Waals surface area (Å²) in [6.45, 7) is 5.69. The van der Waals surface area contributed by atoms with Crippen molar-refractivity contribution in [3.8, 4) is 0 Å². The highest BCUT2D eigenvalue weighted by atomic mass is 16.5. The second kappa shape index (κ2) is 13.6. The Hall–Kier alpha value is -3.20. The van der Waals surface area contributed by atoms with Crippen molar-refractivity contribution in [3.05, 3.63) is 65.5 Å². The molecule has 0 bridgehead atoms. The molecule has 0 atom stereocenters. The third kappa shape index (κ3) is 7.65. The van der Waals surface area contributed by atoms with Crippen molar-refractivity contribution >= 4 is 28.8 Å². The highest BCUT2D eigenvalue weighted by Crippen LogP contribution is 2.22. The van der Waals surface area contributed by atoms with Crippen molar-refractivity contribution in [2.45, 2.75) is 19.9 Å². The zero-order valence-electron chi connectivity index (χ0n) is 20.9. The van der Waals surface area contributed by atoms with E-state index in [1.54, 1.807) is 20.1 Å². The van der Waals surface area contributed by atoms with Crippen LogP contribution in [0.25, 0.3) is 17.1 Å². The van der Waals surface area contributed by atoms with Gasteiger partial charge in [0.1, 0.15) is 5.82 Å². The molecule has 0 aliphatic heterocycles. The van der Waals surface area contributed by atoms with Gasteiger partial charge in [0.05, 0.1) is 30.9 Å². The summed E-state index contributed by atoms with van der Waals surface area (Å²) in [6.07, 6.45) is 4.01. The van der Waals surface area contributed by atoms with Gasteiger partial charge in [-0.15, -0.1) is 0 Å². The lowest BCUT2D eigenvalue weighted by Gasteiger charge is -2.23. The molecule has 0 radical (unpaired) electrons. The average molecular weight is 481 g/mol. The van der Waals surface area contributed by atoms with Gasteiger partial charge in [-0.25, -0.2) is 9.78 Å². The van der Waals surface area contributed by atoms with Crippen LogP contribution in [0, 0.1) is 0 Å². The number of anilines is 1. The van der Waals surface area contributed by atoms with Crippen LogP contribution in [0.3, 0.4) is 0 Å². The number of nitrogens with one attached hydrogen (secondary N) is 1. The number of ether oxygens (including phenoxy) is 2. The lowest BCUT2D eigenvalue weighted by atomic mass is 10.1. The summed E-state index contributed by atoms with van der Waals surface area (Å²) >= 11 is 0. The Morgan fingerprint density at radius 3 is 2.71 bits per heavy atom. The van der Waals surface area contributed by atoms with Crippen LogP contribution in [0.15, 0.2) is 48.5 Å². The molecule has 2 N–H and O–H groups in total. The van der Waals surface area contributed by atoms with Crippen molar-refractivity contribution in [1.82, 2.24) is 14.9 Å². The first kappa shape index (κ1) is 26.4. The zero-order chi connectivity index (χ0) is 25.0. The fraction of sp³-hybridized carbons (Fsp3) is 0.407. The first-order valence-corrected chi connectivity index (χ1v) is 12.0. The third-order valence-electron chi connectivity index (χ3n) is 5.79. The van der Waals surface area contributed by atoms with Crippen LogP contribution in [-0.2, 0) is 34.3 Å². The molecule has 0 aliphatic rings. The van der Waals surface area contributed by atoms with Gasteiger partial charge in [0.25, 0.3) is 0 Å². The lowest BCUT2D eigenvalue weighted by molar-refractivity contribution is -0.137. The summed E-state index contributed by atoms with van der Waals surface area (Å²) in [5, 5.41) is 12.9. The molecular weight excluding hydrogens is 444 g/mol. The molecule has 0 unspecified atom stereocenters. The SMILES string of the molecule is CCOC(=O)/C=C/c1ccc(CNCCc2nc3cc(N(CCO)CCOC)ccc3n2C)cc1. The third-order valence-corrected chi connectivity index (χ3v) is 5.79. The smallest absolute Gasteiger partial charge is 0.330 e. The number of hydrogen-bond acceptors (Lipinski definition) is 7. The Labute approximate surface area is 207 Å². The Morgan fingerprint density at radius 2 is 2.00 bits per heavy atom. The van der Waals surface area contributed by atoms with Gasteiger partial charge in [-0.05, 0) is 42.3 Å². The van der Waals surface area contributed by atoms with E-state index in [0.717, 1.165) is 54.2 Å². The number of esters is 1. The molecule has 0 spiro atoms. The summed E-state index contributed by atoms with van der Waals surface area (Å²) in [4.78, 5) is 18.4. The molecule has 0 fully saturated rings. The fourth-order valence-corrected chi connectivity index (χ4v) is 3.88. The van der Waals surface area contributed by atoms with Crippen molar-refractivity contribution in [2.24, 2.45) is 7.05 Å². The van der Waals surface area contributed by atoms with Gasteiger partial charge in [0.2, 0.25) is 0 Å². The maximum Gasteiger partial charge on any atom is 0.330 e. The van der Waals surface area contributed by atoms with Gasteiger partial charge in [-0.2, -0.15) is 0 Å². The average Bonchev–Trinajstić information content (AvgIpc) is 3.18. The summed E-state index contributed by atoms with van der Waals surface area (Å²) < 4.78 is 12.2. The zero-order valence-corrected chi connectivity index (χ0v) is 20.9. The molecule has 35 heavy (non-hydrogen) atoms. The van der Waals surface area contributed by atoms with E-state index in [1.165, 1.54) is 11.6 Å². The number of benzene rings is 2. The Morgan fingerprint density at radius 1 is 1.20 bits per heavy atom. The van der Waals surface area contributed by atoms with Gasteiger partial charge in [-0.1, -0.05) is 24.3 Å². The summed E-state index contributed by atoms with van der Waals surface area (Å²) in [7, 11) is 3.73. The van der Waals surface area contributed by atoms with E-state index in [0.29, 0.717) is 19.8 Å². The molecule has 0 saturated carbocycles. The largest absolute Gasteiger partial charge is 0.463 e. The van der Waals surface area contributed by atoms with Crippen LogP contribution in [0.2, 0.25) is 0 Å². The van der Waals surface area contributed by atoms with Gasteiger partial charge in [-0.3, -0.25) is 0 Å². The van der Waals surface area contributed by atoms with Gasteiger partial charge < -0.3 is 29.4 Å². The van der Waals surface area contributed by atoms with Crippen molar-refractivity contribution in [2.75, 3.05) is 51.5 Å². The molecule has 3 aromatic rings. The minimum absolute atomic E-state index is 0.0912. The topological polar surface area (TPSA) is 88.8 Å². The second-order valence-corrected chi connectivity index (χ2v) is 8.22. The Bertz CT molecular complexity index is 1110. The van der Waals surface area contributed by atoms with Crippen molar-refractivity contribution in [1.29, 1.82) is 0 Å². The van der Waals surface area contributed by atoms with Crippen molar-refractivity contribution in [3.63, 3.8) is 0 Å². The highest BCUT2D eigenvalue weighted by Gasteiger charge is 2.11. The summed E-state index contributed by atoms with van der Waals surface area (Å²) in [5.41, 5.74) is 5.21. The number of fused-ring (bicyclic) bond motifs is 1. The van der Waals surface area contributed by atoms with E-state index in [9.17, 15) is 9.90 Å². The number of carbonyl (C=O) groups is 1. The number of rotatable bonds is 14.